The Morgan fingerprint density at radius 3 is 2.75 bits per heavy atom. The summed E-state index contributed by atoms with van der Waals surface area (Å²) in [4.78, 5) is 0. The summed E-state index contributed by atoms with van der Waals surface area (Å²) in [6.07, 6.45) is 5.65. The molecule has 0 bridgehead atoms. The fourth-order valence-corrected chi connectivity index (χ4v) is 3.17. The third-order valence-electron chi connectivity index (χ3n) is 3.75. The van der Waals surface area contributed by atoms with Crippen molar-refractivity contribution in [3.8, 4) is 0 Å². The van der Waals surface area contributed by atoms with Crippen molar-refractivity contribution < 1.29 is 0 Å². The first kappa shape index (κ1) is 10.4. The van der Waals surface area contributed by atoms with E-state index in [1.165, 1.54) is 22.9 Å². The first-order valence-electron chi connectivity index (χ1n) is 5.65. The molecular formula is C13H15BrN2. The maximum Gasteiger partial charge on any atom is 0.0492 e. The van der Waals surface area contributed by atoms with Gasteiger partial charge in [0.1, 0.15) is 0 Å². The van der Waals surface area contributed by atoms with Crippen molar-refractivity contribution in [1.29, 1.82) is 0 Å². The Bertz CT molecular complexity index is 552. The summed E-state index contributed by atoms with van der Waals surface area (Å²) in [5.41, 5.74) is 8.89. The van der Waals surface area contributed by atoms with E-state index in [0.29, 0.717) is 0 Å². The minimum Gasteiger partial charge on any atom is -0.350 e. The van der Waals surface area contributed by atoms with Crippen molar-refractivity contribution in [3.05, 3.63) is 34.4 Å². The lowest BCUT2D eigenvalue weighted by molar-refractivity contribution is 0.255. The number of nitrogens with two attached hydrogens (primary N) is 1. The van der Waals surface area contributed by atoms with Gasteiger partial charge in [0.15, 0.2) is 0 Å². The van der Waals surface area contributed by atoms with Crippen molar-refractivity contribution in [2.45, 2.75) is 24.8 Å². The number of benzene rings is 1. The Balaban J connectivity index is 2.33. The first-order valence-corrected chi connectivity index (χ1v) is 6.44. The lowest BCUT2D eigenvalue weighted by Crippen LogP contribution is -2.43. The zero-order chi connectivity index (χ0) is 11.3. The van der Waals surface area contributed by atoms with Gasteiger partial charge in [0.2, 0.25) is 0 Å². The van der Waals surface area contributed by atoms with Crippen LogP contribution in [0.4, 0.5) is 0 Å². The van der Waals surface area contributed by atoms with Crippen molar-refractivity contribution in [1.82, 2.24) is 4.57 Å². The number of aryl methyl sites for hydroxylation is 1. The van der Waals surface area contributed by atoms with Crippen molar-refractivity contribution >= 4 is 26.8 Å². The van der Waals surface area contributed by atoms with Crippen molar-refractivity contribution in [2.24, 2.45) is 12.8 Å². The van der Waals surface area contributed by atoms with E-state index in [9.17, 15) is 0 Å². The lowest BCUT2D eigenvalue weighted by atomic mass is 9.73. The fourth-order valence-electron chi connectivity index (χ4n) is 2.61. The molecule has 84 valence electrons. The van der Waals surface area contributed by atoms with E-state index in [0.717, 1.165) is 17.3 Å². The van der Waals surface area contributed by atoms with E-state index in [1.807, 2.05) is 0 Å². The maximum absolute atomic E-state index is 6.44. The van der Waals surface area contributed by atoms with Gasteiger partial charge in [-0.15, -0.1) is 0 Å². The zero-order valence-corrected chi connectivity index (χ0v) is 10.9. The Morgan fingerprint density at radius 2 is 2.12 bits per heavy atom. The van der Waals surface area contributed by atoms with Crippen LogP contribution in [0.5, 0.6) is 0 Å². The van der Waals surface area contributed by atoms with Gasteiger partial charge >= 0.3 is 0 Å². The van der Waals surface area contributed by atoms with Gasteiger partial charge in [0.05, 0.1) is 0 Å². The van der Waals surface area contributed by atoms with E-state index in [1.54, 1.807) is 0 Å². The highest BCUT2D eigenvalue weighted by atomic mass is 79.9. The van der Waals surface area contributed by atoms with Gasteiger partial charge in [-0.2, -0.15) is 0 Å². The molecule has 0 unspecified atom stereocenters. The van der Waals surface area contributed by atoms with Crippen LogP contribution in [0.3, 0.4) is 0 Å². The van der Waals surface area contributed by atoms with Crippen LogP contribution in [-0.4, -0.2) is 4.57 Å². The number of nitrogens with zero attached hydrogens (tertiary/aromatic N) is 1. The van der Waals surface area contributed by atoms with Crippen molar-refractivity contribution in [3.63, 3.8) is 0 Å². The van der Waals surface area contributed by atoms with Gasteiger partial charge in [-0.05, 0) is 37.0 Å². The van der Waals surface area contributed by atoms with Crippen LogP contribution in [0.1, 0.15) is 24.8 Å². The highest BCUT2D eigenvalue weighted by molar-refractivity contribution is 9.10. The van der Waals surface area contributed by atoms with E-state index in [2.05, 4.69) is 51.9 Å². The molecule has 1 aliphatic rings. The number of rotatable bonds is 1. The summed E-state index contributed by atoms with van der Waals surface area (Å²) >= 11 is 3.64. The number of halogens is 1. The number of aromatic nitrogens is 1. The monoisotopic (exact) mass is 278 g/mol. The summed E-state index contributed by atoms with van der Waals surface area (Å²) in [5.74, 6) is 0. The minimum atomic E-state index is -0.0939. The molecule has 3 rings (SSSR count). The van der Waals surface area contributed by atoms with Crippen LogP contribution in [0, 0.1) is 0 Å². The molecular weight excluding hydrogens is 264 g/mol. The van der Waals surface area contributed by atoms with E-state index >= 15 is 0 Å². The Labute approximate surface area is 104 Å². The molecule has 2 N–H and O–H groups in total. The number of fused-ring (bicyclic) bond motifs is 1. The molecule has 0 spiro atoms. The molecule has 0 radical (unpaired) electrons. The topological polar surface area (TPSA) is 30.9 Å². The maximum atomic E-state index is 6.44. The third-order valence-corrected chi connectivity index (χ3v) is 4.41. The average molecular weight is 279 g/mol. The Morgan fingerprint density at radius 1 is 1.38 bits per heavy atom. The van der Waals surface area contributed by atoms with Crippen LogP contribution >= 0.6 is 15.9 Å². The predicted octanol–water partition coefficient (Wildman–Crippen LogP) is 3.28. The predicted molar refractivity (Wildman–Crippen MR) is 70.3 cm³/mol. The Kier molecular flexibility index (Phi) is 2.17. The van der Waals surface area contributed by atoms with Gasteiger partial charge in [-0.1, -0.05) is 22.0 Å². The van der Waals surface area contributed by atoms with Crippen LogP contribution < -0.4 is 5.73 Å². The largest absolute Gasteiger partial charge is 0.350 e. The second-order valence-corrected chi connectivity index (χ2v) is 5.65. The van der Waals surface area contributed by atoms with Gasteiger partial charge < -0.3 is 10.3 Å². The third kappa shape index (κ3) is 1.28. The summed E-state index contributed by atoms with van der Waals surface area (Å²) < 4.78 is 3.32. The first-order chi connectivity index (χ1) is 7.62. The zero-order valence-electron chi connectivity index (χ0n) is 9.33. The molecule has 0 saturated heterocycles. The molecule has 1 saturated carbocycles. The molecule has 0 aliphatic heterocycles. The molecule has 1 heterocycles. The molecule has 2 nitrogen and oxygen atoms in total. The molecule has 16 heavy (non-hydrogen) atoms. The molecule has 1 fully saturated rings. The molecule has 2 aromatic rings. The van der Waals surface area contributed by atoms with Crippen LogP contribution in [-0.2, 0) is 12.6 Å². The smallest absolute Gasteiger partial charge is 0.0492 e. The fraction of sp³-hybridized carbons (Fsp3) is 0.385. The molecule has 0 atom stereocenters. The van der Waals surface area contributed by atoms with E-state index in [4.69, 9.17) is 5.73 Å². The number of hydrogen-bond acceptors (Lipinski definition) is 1. The van der Waals surface area contributed by atoms with Gasteiger partial charge in [0.25, 0.3) is 0 Å². The van der Waals surface area contributed by atoms with Crippen LogP contribution in [0.15, 0.2) is 28.9 Å². The molecule has 1 aromatic carbocycles. The average Bonchev–Trinajstić information content (AvgIpc) is 2.55. The van der Waals surface area contributed by atoms with Gasteiger partial charge in [-0.3, -0.25) is 0 Å². The summed E-state index contributed by atoms with van der Waals surface area (Å²) in [6, 6.07) is 6.31. The summed E-state index contributed by atoms with van der Waals surface area (Å²) in [7, 11) is 2.08. The van der Waals surface area contributed by atoms with Gasteiger partial charge in [-0.25, -0.2) is 0 Å². The molecule has 1 aliphatic carbocycles. The SMILES string of the molecule is Cn1cc(C2(N)CCC2)c2c(Br)cccc21. The quantitative estimate of drug-likeness (QED) is 0.853. The standard InChI is InChI=1S/C13H15BrN2/c1-16-8-9(13(15)6-3-7-13)12-10(14)4-2-5-11(12)16/h2,4-5,8H,3,6-7,15H2,1H3. The van der Waals surface area contributed by atoms with Crippen LogP contribution in [0.2, 0.25) is 0 Å². The Hall–Kier alpha value is -0.800. The lowest BCUT2D eigenvalue weighted by Gasteiger charge is -2.38. The second kappa shape index (κ2) is 3.34. The van der Waals surface area contributed by atoms with E-state index in [-0.39, 0.29) is 5.54 Å². The minimum absolute atomic E-state index is 0.0939. The normalized spacial score (nSPS) is 18.7. The van der Waals surface area contributed by atoms with Crippen LogP contribution in [0.25, 0.3) is 10.9 Å². The molecule has 3 heteroatoms. The van der Waals surface area contributed by atoms with Crippen molar-refractivity contribution in [2.75, 3.05) is 0 Å². The summed E-state index contributed by atoms with van der Waals surface area (Å²) in [5, 5.41) is 1.28. The highest BCUT2D eigenvalue weighted by Gasteiger charge is 2.37. The number of hydrogen-bond donors (Lipinski definition) is 1. The van der Waals surface area contributed by atoms with E-state index < -0.39 is 0 Å². The second-order valence-electron chi connectivity index (χ2n) is 4.80. The summed E-state index contributed by atoms with van der Waals surface area (Å²) in [6.45, 7) is 0. The molecule has 1 aromatic heterocycles. The molecule has 0 amide bonds. The highest BCUT2D eigenvalue weighted by Crippen LogP contribution is 2.43. The van der Waals surface area contributed by atoms with Gasteiger partial charge in [0, 0.05) is 34.2 Å².